The second kappa shape index (κ2) is 9.66. The standard InChI is InChI=1S/C26H22F3N5O3/c1-33-23(16-5-2-6-17(15-16)26(27,28)29)32-22-18(7-3-8-19(22)25(33)36)24(35)31-20-9-4-10-21(30-20)34-11-13-37-14-12-34/h2-10,15H,11-14H2,1H3,(H,30,31,35). The number of carbonyl (C=O) groups is 1. The lowest BCUT2D eigenvalue weighted by Gasteiger charge is -2.28. The number of para-hydroxylation sites is 1. The summed E-state index contributed by atoms with van der Waals surface area (Å²) in [5.41, 5.74) is -1.07. The second-order valence-corrected chi connectivity index (χ2v) is 8.51. The van der Waals surface area contributed by atoms with E-state index < -0.39 is 23.2 Å². The minimum atomic E-state index is -4.56. The van der Waals surface area contributed by atoms with Crippen LogP contribution in [0.5, 0.6) is 0 Å². The van der Waals surface area contributed by atoms with Crippen molar-refractivity contribution < 1.29 is 22.7 Å². The first kappa shape index (κ1) is 24.4. The molecule has 0 saturated carbocycles. The molecule has 0 unspecified atom stereocenters. The van der Waals surface area contributed by atoms with Crippen molar-refractivity contribution >= 4 is 28.4 Å². The zero-order valence-corrected chi connectivity index (χ0v) is 19.7. The van der Waals surface area contributed by atoms with E-state index in [1.807, 2.05) is 11.0 Å². The van der Waals surface area contributed by atoms with Gasteiger partial charge in [-0.2, -0.15) is 13.2 Å². The van der Waals surface area contributed by atoms with E-state index in [2.05, 4.69) is 15.3 Å². The van der Waals surface area contributed by atoms with Gasteiger partial charge in [0.25, 0.3) is 11.5 Å². The third-order valence-electron chi connectivity index (χ3n) is 6.11. The van der Waals surface area contributed by atoms with E-state index >= 15 is 0 Å². The highest BCUT2D eigenvalue weighted by Gasteiger charge is 2.31. The van der Waals surface area contributed by atoms with Crippen molar-refractivity contribution in [1.82, 2.24) is 14.5 Å². The van der Waals surface area contributed by atoms with Crippen LogP contribution < -0.4 is 15.8 Å². The average Bonchev–Trinajstić information content (AvgIpc) is 2.90. The number of hydrogen-bond acceptors (Lipinski definition) is 6. The van der Waals surface area contributed by atoms with Gasteiger partial charge in [-0.3, -0.25) is 14.2 Å². The van der Waals surface area contributed by atoms with E-state index in [1.54, 1.807) is 18.2 Å². The summed E-state index contributed by atoms with van der Waals surface area (Å²) in [6.45, 7) is 2.53. The number of anilines is 2. The van der Waals surface area contributed by atoms with Gasteiger partial charge in [0, 0.05) is 25.7 Å². The Balaban J connectivity index is 1.53. The number of fused-ring (bicyclic) bond motifs is 1. The molecule has 1 amide bonds. The molecule has 0 bridgehead atoms. The van der Waals surface area contributed by atoms with E-state index in [1.165, 1.54) is 35.9 Å². The zero-order chi connectivity index (χ0) is 26.2. The molecular formula is C26H22F3N5O3. The monoisotopic (exact) mass is 509 g/mol. The van der Waals surface area contributed by atoms with Gasteiger partial charge in [0.1, 0.15) is 17.5 Å². The molecule has 1 saturated heterocycles. The lowest BCUT2D eigenvalue weighted by molar-refractivity contribution is -0.137. The highest BCUT2D eigenvalue weighted by molar-refractivity contribution is 6.11. The molecule has 1 N–H and O–H groups in total. The number of hydrogen-bond donors (Lipinski definition) is 1. The van der Waals surface area contributed by atoms with E-state index in [0.717, 1.165) is 12.1 Å². The van der Waals surface area contributed by atoms with Crippen LogP contribution in [0.15, 0.2) is 65.5 Å². The molecule has 190 valence electrons. The lowest BCUT2D eigenvalue weighted by Crippen LogP contribution is -2.36. The van der Waals surface area contributed by atoms with Gasteiger partial charge in [-0.1, -0.05) is 24.3 Å². The number of carbonyl (C=O) groups excluding carboxylic acids is 1. The minimum Gasteiger partial charge on any atom is -0.378 e. The average molecular weight is 509 g/mol. The molecule has 0 spiro atoms. The Morgan fingerprint density at radius 3 is 2.49 bits per heavy atom. The van der Waals surface area contributed by atoms with E-state index in [9.17, 15) is 22.8 Å². The summed E-state index contributed by atoms with van der Waals surface area (Å²) in [6.07, 6.45) is -4.56. The first-order valence-electron chi connectivity index (χ1n) is 11.5. The van der Waals surface area contributed by atoms with Crippen LogP contribution in [-0.2, 0) is 18.0 Å². The molecule has 1 aliphatic rings. The highest BCUT2D eigenvalue weighted by Crippen LogP contribution is 2.32. The van der Waals surface area contributed by atoms with Gasteiger partial charge < -0.3 is 15.0 Å². The van der Waals surface area contributed by atoms with E-state index in [0.29, 0.717) is 37.9 Å². The van der Waals surface area contributed by atoms with Crippen molar-refractivity contribution in [2.75, 3.05) is 36.5 Å². The topological polar surface area (TPSA) is 89.3 Å². The van der Waals surface area contributed by atoms with Crippen LogP contribution in [0.4, 0.5) is 24.8 Å². The number of ether oxygens (including phenoxy) is 1. The van der Waals surface area contributed by atoms with Crippen LogP contribution in [0.25, 0.3) is 22.3 Å². The summed E-state index contributed by atoms with van der Waals surface area (Å²) in [6, 6.07) is 14.4. The van der Waals surface area contributed by atoms with Gasteiger partial charge in [-0.15, -0.1) is 0 Å². The fourth-order valence-electron chi connectivity index (χ4n) is 4.22. The van der Waals surface area contributed by atoms with Gasteiger partial charge in [-0.25, -0.2) is 9.97 Å². The van der Waals surface area contributed by atoms with Gasteiger partial charge in [0.05, 0.1) is 35.2 Å². The predicted molar refractivity (Wildman–Crippen MR) is 133 cm³/mol. The summed E-state index contributed by atoms with van der Waals surface area (Å²) in [4.78, 5) is 37.4. The molecule has 2 aromatic heterocycles. The Kier molecular flexibility index (Phi) is 6.38. The second-order valence-electron chi connectivity index (χ2n) is 8.51. The number of alkyl halides is 3. The third kappa shape index (κ3) is 4.90. The van der Waals surface area contributed by atoms with Crippen LogP contribution in [0, 0.1) is 0 Å². The normalized spacial score (nSPS) is 14.1. The van der Waals surface area contributed by atoms with Gasteiger partial charge >= 0.3 is 6.18 Å². The summed E-state index contributed by atoms with van der Waals surface area (Å²) in [7, 11) is 1.43. The molecule has 0 atom stereocenters. The maximum Gasteiger partial charge on any atom is 0.416 e. The number of rotatable bonds is 4. The molecule has 0 radical (unpaired) electrons. The summed E-state index contributed by atoms with van der Waals surface area (Å²) >= 11 is 0. The third-order valence-corrected chi connectivity index (χ3v) is 6.11. The SMILES string of the molecule is Cn1c(-c2cccc(C(F)(F)F)c2)nc2c(C(=O)Nc3cccc(N4CCOCC4)n3)cccc2c1=O. The molecule has 1 fully saturated rings. The van der Waals surface area contributed by atoms with Crippen molar-refractivity contribution in [2.45, 2.75) is 6.18 Å². The largest absolute Gasteiger partial charge is 0.416 e. The molecular weight excluding hydrogens is 487 g/mol. The van der Waals surface area contributed by atoms with Crippen LogP contribution in [0.3, 0.4) is 0 Å². The van der Waals surface area contributed by atoms with Gasteiger partial charge in [0.2, 0.25) is 0 Å². The summed E-state index contributed by atoms with van der Waals surface area (Å²) in [5, 5.41) is 2.91. The summed E-state index contributed by atoms with van der Waals surface area (Å²) < 4.78 is 46.4. The molecule has 37 heavy (non-hydrogen) atoms. The van der Waals surface area contributed by atoms with Crippen molar-refractivity contribution in [2.24, 2.45) is 7.05 Å². The van der Waals surface area contributed by atoms with Gasteiger partial charge in [-0.05, 0) is 36.4 Å². The Hall–Kier alpha value is -4.25. The highest BCUT2D eigenvalue weighted by atomic mass is 19.4. The molecule has 4 aromatic rings. The maximum atomic E-state index is 13.3. The fraction of sp³-hybridized carbons (Fsp3) is 0.231. The number of nitrogens with zero attached hydrogens (tertiary/aromatic N) is 4. The van der Waals surface area contributed by atoms with Crippen molar-refractivity contribution in [3.05, 3.63) is 82.1 Å². The molecule has 3 heterocycles. The first-order valence-corrected chi connectivity index (χ1v) is 11.5. The Morgan fingerprint density at radius 1 is 1.00 bits per heavy atom. The maximum absolute atomic E-state index is 13.3. The van der Waals surface area contributed by atoms with Crippen LogP contribution in [0.2, 0.25) is 0 Å². The zero-order valence-electron chi connectivity index (χ0n) is 19.7. The number of morpholine rings is 1. The number of aromatic nitrogens is 3. The fourth-order valence-corrected chi connectivity index (χ4v) is 4.22. The summed E-state index contributed by atoms with van der Waals surface area (Å²) in [5.74, 6) is 0.468. The minimum absolute atomic E-state index is 0.0105. The van der Waals surface area contributed by atoms with E-state index in [4.69, 9.17) is 4.74 Å². The van der Waals surface area contributed by atoms with E-state index in [-0.39, 0.29) is 27.9 Å². The Morgan fingerprint density at radius 2 is 1.73 bits per heavy atom. The Bertz CT molecular complexity index is 1550. The molecule has 2 aromatic carbocycles. The number of benzene rings is 2. The predicted octanol–water partition coefficient (Wildman–Crippen LogP) is 4.10. The quantitative estimate of drug-likeness (QED) is 0.446. The molecule has 11 heteroatoms. The van der Waals surface area contributed by atoms with Crippen LogP contribution >= 0.6 is 0 Å². The molecule has 0 aliphatic carbocycles. The lowest BCUT2D eigenvalue weighted by atomic mass is 10.1. The van der Waals surface area contributed by atoms with Gasteiger partial charge in [0.15, 0.2) is 0 Å². The van der Waals surface area contributed by atoms with Crippen molar-refractivity contribution in [1.29, 1.82) is 0 Å². The molecule has 8 nitrogen and oxygen atoms in total. The van der Waals surface area contributed by atoms with Crippen molar-refractivity contribution in [3.63, 3.8) is 0 Å². The van der Waals surface area contributed by atoms with Crippen LogP contribution in [-0.4, -0.2) is 46.7 Å². The number of nitrogens with one attached hydrogen (secondary N) is 1. The van der Waals surface area contributed by atoms with Crippen LogP contribution in [0.1, 0.15) is 15.9 Å². The molecule has 1 aliphatic heterocycles. The van der Waals surface area contributed by atoms with Crippen molar-refractivity contribution in [3.8, 4) is 11.4 Å². The number of halogens is 3. The molecule has 5 rings (SSSR count). The number of amides is 1. The number of pyridine rings is 1. The smallest absolute Gasteiger partial charge is 0.378 e. The Labute approximate surface area is 209 Å². The first-order chi connectivity index (χ1) is 17.7.